The lowest BCUT2D eigenvalue weighted by atomic mass is 10.1. The van der Waals surface area contributed by atoms with Crippen LogP contribution in [0.15, 0.2) is 36.4 Å². The van der Waals surface area contributed by atoms with E-state index in [1.54, 1.807) is 13.0 Å². The van der Waals surface area contributed by atoms with E-state index in [9.17, 15) is 29.2 Å². The number of ether oxygens (including phenoxy) is 1. The fourth-order valence-electron chi connectivity index (χ4n) is 2.07. The smallest absolute Gasteiger partial charge is 0.342 e. The average Bonchev–Trinajstić information content (AvgIpc) is 2.55. The number of anilines is 1. The lowest BCUT2D eigenvalue weighted by molar-refractivity contribution is -0.387. The molecule has 2 aromatic rings. The third kappa shape index (κ3) is 4.32. The molecule has 2 N–H and O–H groups in total. The van der Waals surface area contributed by atoms with Gasteiger partial charge in [0.05, 0.1) is 4.92 Å². The van der Waals surface area contributed by atoms with Gasteiger partial charge in [-0.15, -0.1) is 0 Å². The molecule has 0 spiro atoms. The number of carbonyl (C=O) groups is 2. The van der Waals surface area contributed by atoms with Crippen LogP contribution in [0.5, 0.6) is 5.75 Å². The van der Waals surface area contributed by atoms with E-state index >= 15 is 0 Å². The van der Waals surface area contributed by atoms with Crippen molar-refractivity contribution in [2.45, 2.75) is 20.0 Å². The summed E-state index contributed by atoms with van der Waals surface area (Å²) in [5, 5.41) is 22.8. The van der Waals surface area contributed by atoms with Crippen LogP contribution in [0.2, 0.25) is 0 Å². The van der Waals surface area contributed by atoms with Crippen molar-refractivity contribution in [3.8, 4) is 5.75 Å². The quantitative estimate of drug-likeness (QED) is 0.479. The summed E-state index contributed by atoms with van der Waals surface area (Å²) in [7, 11) is 0. The number of amides is 1. The highest BCUT2D eigenvalue weighted by atomic mass is 19.1. The number of nitro benzene ring substituents is 1. The van der Waals surface area contributed by atoms with Crippen molar-refractivity contribution >= 4 is 23.3 Å². The number of hydrogen-bond acceptors (Lipinski definition) is 6. The van der Waals surface area contributed by atoms with E-state index in [4.69, 9.17) is 4.74 Å². The highest BCUT2D eigenvalue weighted by Gasteiger charge is 2.22. The van der Waals surface area contributed by atoms with Crippen LogP contribution in [0.25, 0.3) is 0 Å². The van der Waals surface area contributed by atoms with Crippen LogP contribution in [0.4, 0.5) is 15.8 Å². The Morgan fingerprint density at radius 3 is 2.58 bits per heavy atom. The molecular formula is C17H15FN2O6. The Bertz CT molecular complexity index is 884. The summed E-state index contributed by atoms with van der Waals surface area (Å²) >= 11 is 0. The molecule has 1 amide bonds. The molecule has 0 bridgehead atoms. The van der Waals surface area contributed by atoms with Gasteiger partial charge in [-0.05, 0) is 43.7 Å². The van der Waals surface area contributed by atoms with Crippen molar-refractivity contribution in [3.63, 3.8) is 0 Å². The number of carbonyl (C=O) groups excluding carboxylic acids is 2. The van der Waals surface area contributed by atoms with Gasteiger partial charge in [-0.3, -0.25) is 14.9 Å². The van der Waals surface area contributed by atoms with Crippen LogP contribution in [-0.2, 0) is 9.53 Å². The van der Waals surface area contributed by atoms with Crippen molar-refractivity contribution in [3.05, 3.63) is 63.5 Å². The lowest BCUT2D eigenvalue weighted by Gasteiger charge is -2.14. The maximum atomic E-state index is 13.3. The average molecular weight is 362 g/mol. The van der Waals surface area contributed by atoms with Crippen molar-refractivity contribution in [2.24, 2.45) is 0 Å². The molecule has 2 rings (SSSR count). The Hall–Kier alpha value is -3.49. The number of nitrogens with zero attached hydrogens (tertiary/aromatic N) is 1. The van der Waals surface area contributed by atoms with Gasteiger partial charge in [0.25, 0.3) is 5.91 Å². The number of nitrogens with one attached hydrogen (secondary N) is 1. The van der Waals surface area contributed by atoms with E-state index in [-0.39, 0.29) is 17.0 Å². The van der Waals surface area contributed by atoms with Crippen LogP contribution in [-0.4, -0.2) is 28.0 Å². The van der Waals surface area contributed by atoms with Gasteiger partial charge in [0.15, 0.2) is 6.10 Å². The second-order valence-corrected chi connectivity index (χ2v) is 5.48. The lowest BCUT2D eigenvalue weighted by Crippen LogP contribution is -2.30. The fraction of sp³-hybridized carbons (Fsp3) is 0.176. The normalized spacial score (nSPS) is 11.5. The van der Waals surface area contributed by atoms with E-state index in [1.165, 1.54) is 19.1 Å². The molecule has 0 aliphatic rings. The van der Waals surface area contributed by atoms with Gasteiger partial charge in [0, 0.05) is 11.8 Å². The van der Waals surface area contributed by atoms with Gasteiger partial charge in [-0.1, -0.05) is 6.07 Å². The minimum absolute atomic E-state index is 0.0239. The zero-order chi connectivity index (χ0) is 19.4. The largest absolute Gasteiger partial charge is 0.507 e. The van der Waals surface area contributed by atoms with Crippen molar-refractivity contribution in [1.82, 2.24) is 0 Å². The maximum absolute atomic E-state index is 13.3. The molecule has 0 aromatic heterocycles. The monoisotopic (exact) mass is 362 g/mol. The minimum Gasteiger partial charge on any atom is -0.507 e. The molecule has 0 fully saturated rings. The number of rotatable bonds is 5. The van der Waals surface area contributed by atoms with Gasteiger partial charge < -0.3 is 15.2 Å². The SMILES string of the molecule is Cc1ccc(C(=O)O[C@@H](C)C(=O)Nc2ccc(F)c([N+](=O)[O-])c2)c(O)c1. The van der Waals surface area contributed by atoms with Gasteiger partial charge in [0.2, 0.25) is 5.82 Å². The first kappa shape index (κ1) is 18.8. The van der Waals surface area contributed by atoms with Crippen LogP contribution in [0, 0.1) is 22.9 Å². The van der Waals surface area contributed by atoms with Crippen molar-refractivity contribution in [1.29, 1.82) is 0 Å². The molecule has 0 saturated carbocycles. The van der Waals surface area contributed by atoms with E-state index in [1.807, 2.05) is 0 Å². The second kappa shape index (κ2) is 7.60. The van der Waals surface area contributed by atoms with E-state index in [0.717, 1.165) is 23.8 Å². The Kier molecular flexibility index (Phi) is 5.51. The van der Waals surface area contributed by atoms with Crippen molar-refractivity contribution < 1.29 is 28.7 Å². The Balaban J connectivity index is 2.07. The standard InChI is InChI=1S/C17H15FN2O6/c1-9-3-5-12(15(21)7-9)17(23)26-10(2)16(22)19-11-4-6-13(18)14(8-11)20(24)25/h3-8,10,21H,1-2H3,(H,19,22)/t10-/m0/s1. The van der Waals surface area contributed by atoms with Crippen LogP contribution < -0.4 is 5.32 Å². The number of phenols is 1. The van der Waals surface area contributed by atoms with E-state index in [0.29, 0.717) is 0 Å². The summed E-state index contributed by atoms with van der Waals surface area (Å²) in [6, 6.07) is 7.17. The first-order valence-corrected chi connectivity index (χ1v) is 7.44. The molecule has 9 heteroatoms. The number of nitro groups is 1. The highest BCUT2D eigenvalue weighted by molar-refractivity contribution is 5.98. The maximum Gasteiger partial charge on any atom is 0.342 e. The molecule has 0 aliphatic carbocycles. The fourth-order valence-corrected chi connectivity index (χ4v) is 2.07. The number of esters is 1. The van der Waals surface area contributed by atoms with Crippen LogP contribution >= 0.6 is 0 Å². The van der Waals surface area contributed by atoms with Gasteiger partial charge in [0.1, 0.15) is 11.3 Å². The van der Waals surface area contributed by atoms with Crippen molar-refractivity contribution in [2.75, 3.05) is 5.32 Å². The molecule has 0 heterocycles. The predicted octanol–water partition coefficient (Wildman–Crippen LogP) is 2.93. The summed E-state index contributed by atoms with van der Waals surface area (Å²) in [5.74, 6) is -3.00. The molecule has 136 valence electrons. The van der Waals surface area contributed by atoms with Gasteiger partial charge >= 0.3 is 11.7 Å². The number of benzene rings is 2. The third-order valence-electron chi connectivity index (χ3n) is 3.44. The molecule has 0 aliphatic heterocycles. The Labute approximate surface area is 147 Å². The first-order valence-electron chi connectivity index (χ1n) is 7.44. The molecule has 1 atom stereocenters. The molecule has 0 unspecified atom stereocenters. The molecule has 8 nitrogen and oxygen atoms in total. The topological polar surface area (TPSA) is 119 Å². The summed E-state index contributed by atoms with van der Waals surface area (Å²) in [5.41, 5.74) is -0.184. The number of halogens is 1. The molecule has 0 radical (unpaired) electrons. The van der Waals surface area contributed by atoms with E-state index in [2.05, 4.69) is 5.32 Å². The highest BCUT2D eigenvalue weighted by Crippen LogP contribution is 2.22. The first-order chi connectivity index (χ1) is 12.2. The minimum atomic E-state index is -1.26. The molecule has 26 heavy (non-hydrogen) atoms. The molecule has 2 aromatic carbocycles. The van der Waals surface area contributed by atoms with E-state index < -0.39 is 34.4 Å². The second-order valence-electron chi connectivity index (χ2n) is 5.48. The third-order valence-corrected chi connectivity index (χ3v) is 3.44. The van der Waals surface area contributed by atoms with Crippen LogP contribution in [0.1, 0.15) is 22.8 Å². The number of aromatic hydroxyl groups is 1. The Morgan fingerprint density at radius 2 is 1.96 bits per heavy atom. The molecular weight excluding hydrogens is 347 g/mol. The van der Waals surface area contributed by atoms with Gasteiger partial charge in [-0.25, -0.2) is 4.79 Å². The Morgan fingerprint density at radius 1 is 1.27 bits per heavy atom. The van der Waals surface area contributed by atoms with Gasteiger partial charge in [-0.2, -0.15) is 4.39 Å². The number of aryl methyl sites for hydroxylation is 1. The zero-order valence-electron chi connectivity index (χ0n) is 13.9. The summed E-state index contributed by atoms with van der Waals surface area (Å²) < 4.78 is 18.3. The summed E-state index contributed by atoms with van der Waals surface area (Å²) in [4.78, 5) is 33.9. The molecule has 0 saturated heterocycles. The number of hydrogen-bond donors (Lipinski definition) is 2. The summed E-state index contributed by atoms with van der Waals surface area (Å²) in [6.45, 7) is 3.02. The van der Waals surface area contributed by atoms with Crippen LogP contribution in [0.3, 0.4) is 0 Å². The zero-order valence-corrected chi connectivity index (χ0v) is 13.9. The predicted molar refractivity (Wildman–Crippen MR) is 89.4 cm³/mol. The number of phenolic OH excluding ortho intramolecular Hbond substituents is 1. The summed E-state index contributed by atoms with van der Waals surface area (Å²) in [6.07, 6.45) is -1.26.